The van der Waals surface area contributed by atoms with Crippen LogP contribution in [0, 0.1) is 0 Å². The molecular weight excluding hydrogens is 292 g/mol. The summed E-state index contributed by atoms with van der Waals surface area (Å²) in [5, 5.41) is 2.71. The van der Waals surface area contributed by atoms with Gasteiger partial charge in [0.25, 0.3) is 0 Å². The average molecular weight is 311 g/mol. The summed E-state index contributed by atoms with van der Waals surface area (Å²) in [5.41, 5.74) is 0.924. The van der Waals surface area contributed by atoms with Crippen LogP contribution in [0.4, 0.5) is 4.79 Å². The summed E-state index contributed by atoms with van der Waals surface area (Å²) in [6, 6.07) is 9.02. The third kappa shape index (κ3) is 4.36. The summed E-state index contributed by atoms with van der Waals surface area (Å²) < 4.78 is 5.28. The van der Waals surface area contributed by atoms with Crippen LogP contribution in [0.15, 0.2) is 30.3 Å². The van der Waals surface area contributed by atoms with Crippen LogP contribution in [-0.4, -0.2) is 41.9 Å². The van der Waals surface area contributed by atoms with Crippen LogP contribution in [0.1, 0.15) is 18.4 Å². The van der Waals surface area contributed by atoms with E-state index in [9.17, 15) is 9.59 Å². The van der Waals surface area contributed by atoms with E-state index in [-0.39, 0.29) is 12.5 Å². The predicted molar refractivity (Wildman–Crippen MR) is 80.1 cm³/mol. The van der Waals surface area contributed by atoms with Crippen molar-refractivity contribution in [2.24, 2.45) is 0 Å². The molecule has 1 aliphatic rings. The molecule has 6 heteroatoms. The molecule has 5 nitrogen and oxygen atoms in total. The fourth-order valence-electron chi connectivity index (χ4n) is 2.35. The van der Waals surface area contributed by atoms with Crippen LogP contribution in [0.3, 0.4) is 0 Å². The van der Waals surface area contributed by atoms with Gasteiger partial charge < -0.3 is 10.1 Å². The Morgan fingerprint density at radius 2 is 2.10 bits per heavy atom. The number of nitrogens with one attached hydrogen (secondary N) is 1. The second-order valence-corrected chi connectivity index (χ2v) is 5.25. The lowest BCUT2D eigenvalue weighted by atomic mass is 10.2. The molecule has 1 aromatic rings. The van der Waals surface area contributed by atoms with E-state index in [4.69, 9.17) is 16.3 Å². The summed E-state index contributed by atoms with van der Waals surface area (Å²) >= 11 is 5.55. The number of carbonyl (C=O) groups excluding carboxylic acids is 2. The van der Waals surface area contributed by atoms with Crippen molar-refractivity contribution >= 4 is 23.6 Å². The number of amides is 2. The summed E-state index contributed by atoms with van der Waals surface area (Å²) in [6.07, 6.45) is 1.02. The molecule has 1 fully saturated rings. The Balaban J connectivity index is 1.87. The largest absolute Gasteiger partial charge is 0.445 e. The summed E-state index contributed by atoms with van der Waals surface area (Å²) in [4.78, 5) is 25.6. The standard InChI is InChI=1S/C15H19ClN2O3/c16-8-9-17-14(19)13-7-4-10-18(13)15(20)21-11-12-5-2-1-3-6-12/h1-3,5-6,13H,4,7-11H2,(H,17,19). The number of likely N-dealkylation sites (tertiary alicyclic amines) is 1. The van der Waals surface area contributed by atoms with Crippen LogP contribution < -0.4 is 5.32 Å². The number of alkyl halides is 1. The predicted octanol–water partition coefficient (Wildman–Crippen LogP) is 2.14. The normalized spacial score (nSPS) is 17.6. The molecule has 0 aromatic heterocycles. The molecule has 0 aliphatic carbocycles. The first kappa shape index (κ1) is 15.6. The maximum absolute atomic E-state index is 12.1. The van der Waals surface area contributed by atoms with Crippen molar-refractivity contribution in [3.8, 4) is 0 Å². The summed E-state index contributed by atoms with van der Waals surface area (Å²) in [7, 11) is 0. The fraction of sp³-hybridized carbons (Fsp3) is 0.467. The van der Waals surface area contributed by atoms with Gasteiger partial charge in [0.15, 0.2) is 0 Å². The van der Waals surface area contributed by atoms with Gasteiger partial charge in [-0.25, -0.2) is 4.79 Å². The second kappa shape index (κ2) is 7.88. The number of hydrogen-bond donors (Lipinski definition) is 1. The molecular formula is C15H19ClN2O3. The highest BCUT2D eigenvalue weighted by atomic mass is 35.5. The number of halogens is 1. The Morgan fingerprint density at radius 1 is 1.33 bits per heavy atom. The zero-order valence-electron chi connectivity index (χ0n) is 11.8. The minimum absolute atomic E-state index is 0.162. The van der Waals surface area contributed by atoms with Gasteiger partial charge in [0.2, 0.25) is 5.91 Å². The highest BCUT2D eigenvalue weighted by molar-refractivity contribution is 6.18. The molecule has 2 rings (SSSR count). The SMILES string of the molecule is O=C(NCCCl)C1CCCN1C(=O)OCc1ccccc1. The zero-order chi connectivity index (χ0) is 15.1. The van der Waals surface area contributed by atoms with E-state index in [0.29, 0.717) is 25.4 Å². The van der Waals surface area contributed by atoms with Crippen molar-refractivity contribution in [3.05, 3.63) is 35.9 Å². The van der Waals surface area contributed by atoms with Gasteiger partial charge in [-0.05, 0) is 18.4 Å². The number of rotatable bonds is 5. The summed E-state index contributed by atoms with van der Waals surface area (Å²) in [6.45, 7) is 1.17. The lowest BCUT2D eigenvalue weighted by Crippen LogP contribution is -2.46. The molecule has 0 radical (unpaired) electrons. The molecule has 0 saturated carbocycles. The van der Waals surface area contributed by atoms with E-state index in [1.165, 1.54) is 4.90 Å². The van der Waals surface area contributed by atoms with Gasteiger partial charge in [0, 0.05) is 19.0 Å². The molecule has 114 valence electrons. The van der Waals surface area contributed by atoms with Crippen molar-refractivity contribution in [1.82, 2.24) is 10.2 Å². The molecule has 0 spiro atoms. The minimum atomic E-state index is -0.448. The quantitative estimate of drug-likeness (QED) is 0.848. The molecule has 0 bridgehead atoms. The Morgan fingerprint density at radius 3 is 2.81 bits per heavy atom. The monoisotopic (exact) mass is 310 g/mol. The van der Waals surface area contributed by atoms with Gasteiger partial charge in [-0.1, -0.05) is 30.3 Å². The van der Waals surface area contributed by atoms with Crippen molar-refractivity contribution in [2.75, 3.05) is 19.0 Å². The lowest BCUT2D eigenvalue weighted by Gasteiger charge is -2.23. The molecule has 1 N–H and O–H groups in total. The first-order chi connectivity index (χ1) is 10.2. The maximum Gasteiger partial charge on any atom is 0.410 e. The first-order valence-corrected chi connectivity index (χ1v) is 7.57. The van der Waals surface area contributed by atoms with E-state index < -0.39 is 12.1 Å². The van der Waals surface area contributed by atoms with Crippen LogP contribution in [-0.2, 0) is 16.1 Å². The van der Waals surface area contributed by atoms with Crippen molar-refractivity contribution < 1.29 is 14.3 Å². The highest BCUT2D eigenvalue weighted by Gasteiger charge is 2.34. The van der Waals surface area contributed by atoms with Crippen molar-refractivity contribution in [3.63, 3.8) is 0 Å². The molecule has 1 saturated heterocycles. The van der Waals surface area contributed by atoms with Crippen LogP contribution in [0.5, 0.6) is 0 Å². The zero-order valence-corrected chi connectivity index (χ0v) is 12.5. The number of benzene rings is 1. The minimum Gasteiger partial charge on any atom is -0.445 e. The molecule has 1 aromatic carbocycles. The number of carbonyl (C=O) groups is 2. The van der Waals surface area contributed by atoms with Gasteiger partial charge in [-0.3, -0.25) is 9.69 Å². The van der Waals surface area contributed by atoms with Gasteiger partial charge in [-0.2, -0.15) is 0 Å². The van der Waals surface area contributed by atoms with Gasteiger partial charge in [-0.15, -0.1) is 11.6 Å². The van der Waals surface area contributed by atoms with Gasteiger partial charge >= 0.3 is 6.09 Å². The molecule has 1 unspecified atom stereocenters. The molecule has 1 atom stereocenters. The van der Waals surface area contributed by atoms with E-state index in [1.54, 1.807) is 0 Å². The molecule has 21 heavy (non-hydrogen) atoms. The van der Waals surface area contributed by atoms with E-state index in [0.717, 1.165) is 12.0 Å². The topological polar surface area (TPSA) is 58.6 Å². The van der Waals surface area contributed by atoms with Gasteiger partial charge in [0.05, 0.1) is 0 Å². The molecule has 1 heterocycles. The fourth-order valence-corrected chi connectivity index (χ4v) is 2.44. The number of hydrogen-bond acceptors (Lipinski definition) is 3. The number of ether oxygens (including phenoxy) is 1. The lowest BCUT2D eigenvalue weighted by molar-refractivity contribution is -0.125. The first-order valence-electron chi connectivity index (χ1n) is 7.03. The maximum atomic E-state index is 12.1. The molecule has 2 amide bonds. The third-order valence-electron chi connectivity index (χ3n) is 3.39. The van der Waals surface area contributed by atoms with E-state index in [1.807, 2.05) is 30.3 Å². The van der Waals surface area contributed by atoms with Crippen LogP contribution in [0.25, 0.3) is 0 Å². The Kier molecular flexibility index (Phi) is 5.87. The van der Waals surface area contributed by atoms with Crippen molar-refractivity contribution in [1.29, 1.82) is 0 Å². The summed E-state index contributed by atoms with van der Waals surface area (Å²) in [5.74, 6) is 0.196. The van der Waals surface area contributed by atoms with Crippen LogP contribution in [0.2, 0.25) is 0 Å². The van der Waals surface area contributed by atoms with Gasteiger partial charge in [0.1, 0.15) is 12.6 Å². The number of nitrogens with zero attached hydrogens (tertiary/aromatic N) is 1. The Bertz CT molecular complexity index is 481. The molecule has 1 aliphatic heterocycles. The Labute approximate surface area is 129 Å². The third-order valence-corrected chi connectivity index (χ3v) is 3.58. The van der Waals surface area contributed by atoms with E-state index in [2.05, 4.69) is 5.32 Å². The average Bonchev–Trinajstić information content (AvgIpc) is 3.01. The van der Waals surface area contributed by atoms with Crippen molar-refractivity contribution in [2.45, 2.75) is 25.5 Å². The Hall–Kier alpha value is -1.75. The van der Waals surface area contributed by atoms with Crippen LogP contribution >= 0.6 is 11.6 Å². The second-order valence-electron chi connectivity index (χ2n) is 4.87. The highest BCUT2D eigenvalue weighted by Crippen LogP contribution is 2.19. The van der Waals surface area contributed by atoms with E-state index >= 15 is 0 Å². The smallest absolute Gasteiger partial charge is 0.410 e.